The van der Waals surface area contributed by atoms with E-state index in [0.29, 0.717) is 24.5 Å². The number of rotatable bonds is 4. The van der Waals surface area contributed by atoms with Crippen molar-refractivity contribution in [3.63, 3.8) is 0 Å². The minimum Gasteiger partial charge on any atom is -0.384 e. The summed E-state index contributed by atoms with van der Waals surface area (Å²) in [6, 6.07) is 7.25. The number of carbonyl (C=O) groups is 2. The molecule has 1 aliphatic heterocycles. The second kappa shape index (κ2) is 7.20. The quantitative estimate of drug-likeness (QED) is 0.843. The van der Waals surface area contributed by atoms with Crippen LogP contribution in [0.25, 0.3) is 0 Å². The minimum absolute atomic E-state index is 0.0185. The van der Waals surface area contributed by atoms with Crippen molar-refractivity contribution < 1.29 is 14.7 Å². The number of aliphatic hydroxyl groups is 1. The largest absolute Gasteiger partial charge is 0.384 e. The summed E-state index contributed by atoms with van der Waals surface area (Å²) in [6.45, 7) is 9.98. The van der Waals surface area contributed by atoms with Crippen LogP contribution >= 0.6 is 11.6 Å². The number of benzene rings is 1. The molecule has 0 unspecified atom stereocenters. The van der Waals surface area contributed by atoms with E-state index < -0.39 is 16.6 Å². The molecule has 1 aromatic carbocycles. The van der Waals surface area contributed by atoms with Gasteiger partial charge in [0.2, 0.25) is 11.8 Å². The van der Waals surface area contributed by atoms with Crippen molar-refractivity contribution in [1.29, 1.82) is 0 Å². The van der Waals surface area contributed by atoms with Crippen LogP contribution in [0, 0.1) is 5.41 Å². The lowest BCUT2D eigenvalue weighted by Crippen LogP contribution is -2.57. The van der Waals surface area contributed by atoms with Crippen LogP contribution in [0.1, 0.15) is 53.0 Å². The van der Waals surface area contributed by atoms with E-state index in [1.165, 1.54) is 6.92 Å². The second-order valence-corrected chi connectivity index (χ2v) is 8.99. The molecule has 2 N–H and O–H groups in total. The molecular weight excluding hydrogens is 352 g/mol. The van der Waals surface area contributed by atoms with Crippen molar-refractivity contribution in [1.82, 2.24) is 10.2 Å². The molecule has 0 aromatic heterocycles. The van der Waals surface area contributed by atoms with E-state index in [4.69, 9.17) is 11.6 Å². The first kappa shape index (κ1) is 20.7. The molecule has 1 aliphatic rings. The molecule has 2 amide bonds. The average molecular weight is 381 g/mol. The summed E-state index contributed by atoms with van der Waals surface area (Å²) in [5.41, 5.74) is -1.33. The molecular formula is C20H29ClN2O3. The summed E-state index contributed by atoms with van der Waals surface area (Å²) < 4.78 is 0. The van der Waals surface area contributed by atoms with E-state index in [2.05, 4.69) is 5.32 Å². The van der Waals surface area contributed by atoms with Crippen molar-refractivity contribution in [3.8, 4) is 0 Å². The molecule has 0 spiro atoms. The second-order valence-electron chi connectivity index (χ2n) is 8.56. The summed E-state index contributed by atoms with van der Waals surface area (Å²) >= 11 is 5.96. The van der Waals surface area contributed by atoms with E-state index in [-0.39, 0.29) is 18.2 Å². The fourth-order valence-electron chi connectivity index (χ4n) is 3.81. The lowest BCUT2D eigenvalue weighted by molar-refractivity contribution is -0.154. The normalized spacial score (nSPS) is 22.8. The Morgan fingerprint density at radius 1 is 1.27 bits per heavy atom. The van der Waals surface area contributed by atoms with Crippen LogP contribution in [0.4, 0.5) is 0 Å². The average Bonchev–Trinajstić information content (AvgIpc) is 2.48. The van der Waals surface area contributed by atoms with Crippen LogP contribution in [0.2, 0.25) is 5.02 Å². The van der Waals surface area contributed by atoms with Gasteiger partial charge >= 0.3 is 0 Å². The highest BCUT2D eigenvalue weighted by molar-refractivity contribution is 6.30. The Kier molecular flexibility index (Phi) is 5.74. The maximum atomic E-state index is 12.8. The molecule has 6 heteroatoms. The Labute approximate surface area is 160 Å². The summed E-state index contributed by atoms with van der Waals surface area (Å²) in [6.07, 6.45) is 0.677. The van der Waals surface area contributed by atoms with E-state index in [1.54, 1.807) is 17.0 Å². The van der Waals surface area contributed by atoms with E-state index >= 15 is 0 Å². The molecule has 0 bridgehead atoms. The summed E-state index contributed by atoms with van der Waals surface area (Å²) in [5, 5.41) is 14.8. The van der Waals surface area contributed by atoms with E-state index in [1.807, 2.05) is 39.8 Å². The maximum Gasteiger partial charge on any atom is 0.224 e. The number of carbonyl (C=O) groups excluding carboxylic acids is 2. The predicted molar refractivity (Wildman–Crippen MR) is 103 cm³/mol. The standard InChI is InChI=1S/C20H29ClN2O3/c1-14(24)22-19(4,5)12-17(25)23-11-10-20(26,18(2,3)13-23)15-6-8-16(21)9-7-15/h6-9,26H,10-13H2,1-5H3,(H,22,24)/t20-/m0/s1. The Hall–Kier alpha value is -1.59. The third-order valence-electron chi connectivity index (χ3n) is 5.23. The molecule has 0 aliphatic carbocycles. The van der Waals surface area contributed by atoms with Crippen molar-refractivity contribution >= 4 is 23.4 Å². The van der Waals surface area contributed by atoms with E-state index in [0.717, 1.165) is 5.56 Å². The number of likely N-dealkylation sites (tertiary alicyclic amines) is 1. The first-order valence-electron chi connectivity index (χ1n) is 8.91. The number of piperidine rings is 1. The number of nitrogens with one attached hydrogen (secondary N) is 1. The predicted octanol–water partition coefficient (Wildman–Crippen LogP) is 3.09. The van der Waals surface area contributed by atoms with Gasteiger partial charge in [0.15, 0.2) is 0 Å². The number of halogens is 1. The van der Waals surface area contributed by atoms with E-state index in [9.17, 15) is 14.7 Å². The third-order valence-corrected chi connectivity index (χ3v) is 5.48. The first-order chi connectivity index (χ1) is 11.9. The zero-order valence-electron chi connectivity index (χ0n) is 16.2. The third kappa shape index (κ3) is 4.38. The monoisotopic (exact) mass is 380 g/mol. The molecule has 5 nitrogen and oxygen atoms in total. The maximum absolute atomic E-state index is 12.8. The van der Waals surface area contributed by atoms with Crippen LogP contribution in [0.3, 0.4) is 0 Å². The van der Waals surface area contributed by atoms with Gasteiger partial charge in [0.1, 0.15) is 0 Å². The Morgan fingerprint density at radius 3 is 2.35 bits per heavy atom. The molecule has 0 radical (unpaired) electrons. The first-order valence-corrected chi connectivity index (χ1v) is 9.29. The highest BCUT2D eigenvalue weighted by Gasteiger charge is 2.49. The molecule has 1 aromatic rings. The topological polar surface area (TPSA) is 69.6 Å². The number of hydrogen-bond donors (Lipinski definition) is 2. The van der Waals surface area contributed by atoms with Crippen molar-refractivity contribution in [2.24, 2.45) is 5.41 Å². The number of amides is 2. The minimum atomic E-state index is -1.03. The van der Waals surface area contributed by atoms with Crippen LogP contribution in [-0.2, 0) is 15.2 Å². The van der Waals surface area contributed by atoms with Crippen LogP contribution in [0.15, 0.2) is 24.3 Å². The summed E-state index contributed by atoms with van der Waals surface area (Å²) in [4.78, 5) is 25.8. The van der Waals surface area contributed by atoms with Crippen molar-refractivity contribution in [3.05, 3.63) is 34.9 Å². The van der Waals surface area contributed by atoms with Crippen molar-refractivity contribution in [2.75, 3.05) is 13.1 Å². The van der Waals surface area contributed by atoms with Gasteiger partial charge in [-0.2, -0.15) is 0 Å². The van der Waals surface area contributed by atoms with Gasteiger partial charge in [-0.05, 0) is 38.0 Å². The Balaban J connectivity index is 2.13. The molecule has 144 valence electrons. The van der Waals surface area contributed by atoms with Crippen LogP contribution < -0.4 is 5.32 Å². The molecule has 1 fully saturated rings. The van der Waals surface area contributed by atoms with Crippen LogP contribution in [0.5, 0.6) is 0 Å². The van der Waals surface area contributed by atoms with Gasteiger partial charge in [-0.15, -0.1) is 0 Å². The van der Waals surface area contributed by atoms with Crippen molar-refractivity contribution in [2.45, 2.75) is 58.6 Å². The molecule has 2 rings (SSSR count). The van der Waals surface area contributed by atoms with Gasteiger partial charge in [-0.3, -0.25) is 9.59 Å². The van der Waals surface area contributed by atoms with Gasteiger partial charge in [0.05, 0.1) is 5.60 Å². The summed E-state index contributed by atoms with van der Waals surface area (Å²) in [7, 11) is 0. The zero-order chi connectivity index (χ0) is 19.8. The molecule has 1 heterocycles. The fraction of sp³-hybridized carbons (Fsp3) is 0.600. The fourth-order valence-corrected chi connectivity index (χ4v) is 3.93. The molecule has 0 saturated carbocycles. The lowest BCUT2D eigenvalue weighted by Gasteiger charge is -2.51. The number of hydrogen-bond acceptors (Lipinski definition) is 3. The molecule has 26 heavy (non-hydrogen) atoms. The Morgan fingerprint density at radius 2 is 1.85 bits per heavy atom. The van der Waals surface area contributed by atoms with Crippen LogP contribution in [-0.4, -0.2) is 40.4 Å². The smallest absolute Gasteiger partial charge is 0.224 e. The zero-order valence-corrected chi connectivity index (χ0v) is 17.0. The SMILES string of the molecule is CC(=O)NC(C)(C)CC(=O)N1CC[C@](O)(c2ccc(Cl)cc2)C(C)(C)C1. The highest BCUT2D eigenvalue weighted by atomic mass is 35.5. The highest BCUT2D eigenvalue weighted by Crippen LogP contribution is 2.46. The molecule has 1 saturated heterocycles. The van der Waals surface area contributed by atoms with Gasteiger partial charge in [-0.25, -0.2) is 0 Å². The number of nitrogens with zero attached hydrogens (tertiary/aromatic N) is 1. The van der Waals surface area contributed by atoms with Gasteiger partial charge < -0.3 is 15.3 Å². The lowest BCUT2D eigenvalue weighted by atomic mass is 9.66. The Bertz CT molecular complexity index is 685. The van der Waals surface area contributed by atoms with Gasteiger partial charge in [-0.1, -0.05) is 37.6 Å². The molecule has 1 atom stereocenters. The van der Waals surface area contributed by atoms with Gasteiger partial charge in [0.25, 0.3) is 0 Å². The van der Waals surface area contributed by atoms with Gasteiger partial charge in [0, 0.05) is 42.4 Å². The summed E-state index contributed by atoms with van der Waals surface area (Å²) in [5.74, 6) is -0.172.